The SMILES string of the molecule is O=C(Oc1ccc(N(CCCl)CCCl)c(F)c1)OC12CC3CC(CC(C3)C1)C2. The molecule has 1 aromatic rings. The van der Waals surface area contributed by atoms with Crippen LogP contribution in [0.3, 0.4) is 0 Å². The lowest BCUT2D eigenvalue weighted by Crippen LogP contribution is -2.53. The highest BCUT2D eigenvalue weighted by molar-refractivity contribution is 6.18. The lowest BCUT2D eigenvalue weighted by atomic mass is 9.54. The quantitative estimate of drug-likeness (QED) is 0.321. The van der Waals surface area contributed by atoms with Gasteiger partial charge in [0, 0.05) is 30.9 Å². The van der Waals surface area contributed by atoms with Gasteiger partial charge in [0.15, 0.2) is 0 Å². The maximum atomic E-state index is 14.6. The van der Waals surface area contributed by atoms with Crippen LogP contribution in [0.2, 0.25) is 0 Å². The number of carbonyl (C=O) groups is 1. The summed E-state index contributed by atoms with van der Waals surface area (Å²) in [5.74, 6) is 2.42. The van der Waals surface area contributed by atoms with Crippen molar-refractivity contribution in [2.24, 2.45) is 17.8 Å². The maximum Gasteiger partial charge on any atom is 0.514 e. The molecule has 0 atom stereocenters. The summed E-state index contributed by atoms with van der Waals surface area (Å²) < 4.78 is 25.7. The van der Waals surface area contributed by atoms with Crippen LogP contribution in [0.25, 0.3) is 0 Å². The van der Waals surface area contributed by atoms with Gasteiger partial charge < -0.3 is 14.4 Å². The van der Waals surface area contributed by atoms with E-state index in [9.17, 15) is 9.18 Å². The summed E-state index contributed by atoms with van der Waals surface area (Å²) in [5, 5.41) is 0. The van der Waals surface area contributed by atoms with E-state index in [0.29, 0.717) is 48.3 Å². The van der Waals surface area contributed by atoms with E-state index in [-0.39, 0.29) is 11.4 Å². The second-order valence-corrected chi connectivity index (χ2v) is 9.29. The number of alkyl halides is 2. The zero-order valence-corrected chi connectivity index (χ0v) is 17.4. The summed E-state index contributed by atoms with van der Waals surface area (Å²) in [6, 6.07) is 4.38. The summed E-state index contributed by atoms with van der Waals surface area (Å²) in [6.07, 6.45) is 5.89. The zero-order chi connectivity index (χ0) is 19.7. The predicted molar refractivity (Wildman–Crippen MR) is 108 cm³/mol. The predicted octanol–water partition coefficient (Wildman–Crippen LogP) is 5.59. The first kappa shape index (κ1) is 20.1. The van der Waals surface area contributed by atoms with Gasteiger partial charge in [-0.1, -0.05) is 0 Å². The molecule has 0 radical (unpaired) electrons. The number of halogens is 3. The van der Waals surface area contributed by atoms with Crippen LogP contribution in [-0.4, -0.2) is 36.6 Å². The third-order valence-corrected chi connectivity index (χ3v) is 6.79. The molecule has 0 spiro atoms. The monoisotopic (exact) mass is 429 g/mol. The van der Waals surface area contributed by atoms with Crippen LogP contribution in [0.1, 0.15) is 38.5 Å². The standard InChI is InChI=1S/C21H26Cl2FNO3/c22-3-5-25(6-4-23)19-2-1-17(10-18(19)24)27-20(26)28-21-11-14-7-15(12-21)9-16(8-14)13-21/h1-2,10,14-16H,3-9,11-13H2. The third kappa shape index (κ3) is 4.20. The van der Waals surface area contributed by atoms with Gasteiger partial charge in [-0.3, -0.25) is 0 Å². The van der Waals surface area contributed by atoms with E-state index >= 15 is 0 Å². The van der Waals surface area contributed by atoms with E-state index in [0.717, 1.165) is 19.3 Å². The molecule has 0 aliphatic heterocycles. The molecular formula is C21H26Cl2FNO3. The van der Waals surface area contributed by atoms with E-state index in [1.165, 1.54) is 25.3 Å². The minimum Gasteiger partial charge on any atom is -0.427 e. The fraction of sp³-hybridized carbons (Fsp3) is 0.667. The van der Waals surface area contributed by atoms with Crippen LogP contribution in [0.15, 0.2) is 18.2 Å². The molecule has 0 saturated heterocycles. The van der Waals surface area contributed by atoms with Gasteiger partial charge in [-0.25, -0.2) is 9.18 Å². The van der Waals surface area contributed by atoms with Crippen molar-refractivity contribution in [3.05, 3.63) is 24.0 Å². The lowest BCUT2D eigenvalue weighted by Gasteiger charge is -2.55. The molecule has 0 aromatic heterocycles. The van der Waals surface area contributed by atoms with Gasteiger partial charge in [0.25, 0.3) is 0 Å². The van der Waals surface area contributed by atoms with Crippen molar-refractivity contribution in [2.45, 2.75) is 44.1 Å². The average molecular weight is 430 g/mol. The second kappa shape index (κ2) is 8.27. The number of hydrogen-bond donors (Lipinski definition) is 0. The second-order valence-electron chi connectivity index (χ2n) is 8.53. The summed E-state index contributed by atoms with van der Waals surface area (Å²) in [7, 11) is 0. The Balaban J connectivity index is 1.40. The molecule has 4 aliphatic rings. The van der Waals surface area contributed by atoms with E-state index < -0.39 is 12.0 Å². The molecular weight excluding hydrogens is 404 g/mol. The van der Waals surface area contributed by atoms with Gasteiger partial charge >= 0.3 is 6.16 Å². The van der Waals surface area contributed by atoms with Gasteiger partial charge in [0.1, 0.15) is 17.2 Å². The third-order valence-electron chi connectivity index (χ3n) is 6.45. The minimum atomic E-state index is -0.729. The first-order valence-electron chi connectivity index (χ1n) is 10.1. The normalized spacial score (nSPS) is 30.3. The minimum absolute atomic E-state index is 0.146. The number of nitrogens with zero attached hydrogens (tertiary/aromatic N) is 1. The highest BCUT2D eigenvalue weighted by atomic mass is 35.5. The van der Waals surface area contributed by atoms with Crippen molar-refractivity contribution in [1.29, 1.82) is 0 Å². The fourth-order valence-electron chi connectivity index (χ4n) is 5.81. The largest absolute Gasteiger partial charge is 0.514 e. The van der Waals surface area contributed by atoms with Crippen molar-refractivity contribution < 1.29 is 18.7 Å². The molecule has 0 amide bonds. The van der Waals surface area contributed by atoms with Crippen LogP contribution in [0.5, 0.6) is 5.75 Å². The Morgan fingerprint density at radius 2 is 1.64 bits per heavy atom. The molecule has 5 rings (SSSR count). The van der Waals surface area contributed by atoms with Crippen molar-refractivity contribution in [3.8, 4) is 5.75 Å². The number of anilines is 1. The number of carbonyl (C=O) groups excluding carboxylic acids is 1. The Kier molecular flexibility index (Phi) is 5.93. The molecule has 4 fully saturated rings. The summed E-state index contributed by atoms with van der Waals surface area (Å²) in [5.41, 5.74) is 0.0186. The highest BCUT2D eigenvalue weighted by Crippen LogP contribution is 2.57. The Labute approximate surface area is 175 Å². The molecule has 154 valence electrons. The summed E-state index contributed by atoms with van der Waals surface area (Å²) in [6.45, 7) is 0.971. The summed E-state index contributed by atoms with van der Waals surface area (Å²) >= 11 is 11.6. The molecule has 7 heteroatoms. The van der Waals surface area contributed by atoms with Crippen LogP contribution in [0.4, 0.5) is 14.9 Å². The van der Waals surface area contributed by atoms with Gasteiger partial charge in [-0.2, -0.15) is 0 Å². The van der Waals surface area contributed by atoms with Gasteiger partial charge in [-0.05, 0) is 68.4 Å². The first-order chi connectivity index (χ1) is 13.5. The molecule has 4 bridgehead atoms. The van der Waals surface area contributed by atoms with Crippen LogP contribution in [-0.2, 0) is 4.74 Å². The number of benzene rings is 1. The molecule has 0 heterocycles. The van der Waals surface area contributed by atoms with Crippen molar-refractivity contribution in [3.63, 3.8) is 0 Å². The number of rotatable bonds is 7. The molecule has 0 unspecified atom stereocenters. The molecule has 1 aromatic carbocycles. The lowest BCUT2D eigenvalue weighted by molar-refractivity contribution is -0.135. The fourth-order valence-corrected chi connectivity index (χ4v) is 6.22. The zero-order valence-electron chi connectivity index (χ0n) is 15.8. The van der Waals surface area contributed by atoms with Crippen LogP contribution >= 0.6 is 23.2 Å². The van der Waals surface area contributed by atoms with Crippen molar-refractivity contribution >= 4 is 35.0 Å². The Morgan fingerprint density at radius 1 is 1.07 bits per heavy atom. The van der Waals surface area contributed by atoms with Crippen molar-refractivity contribution in [2.75, 3.05) is 29.7 Å². The molecule has 28 heavy (non-hydrogen) atoms. The molecule has 0 N–H and O–H groups in total. The van der Waals surface area contributed by atoms with Crippen LogP contribution < -0.4 is 9.64 Å². The van der Waals surface area contributed by atoms with E-state index in [4.69, 9.17) is 32.7 Å². The molecule has 4 nitrogen and oxygen atoms in total. The highest BCUT2D eigenvalue weighted by Gasteiger charge is 2.53. The van der Waals surface area contributed by atoms with E-state index in [1.54, 1.807) is 17.0 Å². The molecule has 4 saturated carbocycles. The first-order valence-corrected chi connectivity index (χ1v) is 11.1. The Bertz CT molecular complexity index is 688. The Hall–Kier alpha value is -1.20. The summed E-state index contributed by atoms with van der Waals surface area (Å²) in [4.78, 5) is 14.2. The van der Waals surface area contributed by atoms with Gasteiger partial charge in [-0.15, -0.1) is 23.2 Å². The van der Waals surface area contributed by atoms with E-state index in [2.05, 4.69) is 0 Å². The van der Waals surface area contributed by atoms with Gasteiger partial charge in [0.05, 0.1) is 5.69 Å². The maximum absolute atomic E-state index is 14.6. The van der Waals surface area contributed by atoms with Crippen molar-refractivity contribution in [1.82, 2.24) is 0 Å². The number of ether oxygens (including phenoxy) is 2. The topological polar surface area (TPSA) is 38.8 Å². The van der Waals surface area contributed by atoms with Crippen LogP contribution in [0, 0.1) is 23.6 Å². The van der Waals surface area contributed by atoms with Gasteiger partial charge in [0.2, 0.25) is 0 Å². The Morgan fingerprint density at radius 3 is 2.14 bits per heavy atom. The smallest absolute Gasteiger partial charge is 0.427 e. The molecule has 4 aliphatic carbocycles. The average Bonchev–Trinajstić information content (AvgIpc) is 2.60. The van der Waals surface area contributed by atoms with E-state index in [1.807, 2.05) is 0 Å². The number of hydrogen-bond acceptors (Lipinski definition) is 4.